The molecule has 23 heavy (non-hydrogen) atoms. The third-order valence-electron chi connectivity index (χ3n) is 3.37. The summed E-state index contributed by atoms with van der Waals surface area (Å²) in [5, 5.41) is -0.776. The van der Waals surface area contributed by atoms with Gasteiger partial charge in [-0.15, -0.1) is 0 Å². The first-order chi connectivity index (χ1) is 10.6. The molecule has 0 radical (unpaired) electrons. The van der Waals surface area contributed by atoms with E-state index in [1.54, 1.807) is 20.8 Å². The number of ether oxygens (including phenoxy) is 1. The summed E-state index contributed by atoms with van der Waals surface area (Å²) in [5.41, 5.74) is -0.622. The summed E-state index contributed by atoms with van der Waals surface area (Å²) in [6, 6.07) is 1.23. The average molecular weight is 362 g/mol. The number of sulfone groups is 1. The number of carbonyl (C=O) groups is 1. The lowest BCUT2D eigenvalue weighted by atomic mass is 10.1. The minimum atomic E-state index is -3.68. The van der Waals surface area contributed by atoms with Gasteiger partial charge in [-0.1, -0.05) is 11.6 Å². The molecule has 0 aromatic carbocycles. The second-order valence-electron chi connectivity index (χ2n) is 6.41. The zero-order chi connectivity index (χ0) is 17.3. The maximum absolute atomic E-state index is 12.7. The van der Waals surface area contributed by atoms with Crippen LogP contribution in [-0.2, 0) is 14.6 Å². The van der Waals surface area contributed by atoms with Crippen molar-refractivity contribution in [2.75, 3.05) is 13.1 Å². The lowest BCUT2D eigenvalue weighted by Crippen LogP contribution is -2.47. The Morgan fingerprint density at radius 2 is 2.09 bits per heavy atom. The van der Waals surface area contributed by atoms with E-state index in [-0.39, 0.29) is 16.7 Å². The maximum atomic E-state index is 12.7. The second kappa shape index (κ2) is 6.60. The van der Waals surface area contributed by atoms with Gasteiger partial charge in [-0.2, -0.15) is 0 Å². The normalized spacial score (nSPS) is 19.5. The van der Waals surface area contributed by atoms with Gasteiger partial charge in [0.25, 0.3) is 0 Å². The Balaban J connectivity index is 2.16. The number of piperidine rings is 1. The fourth-order valence-corrected chi connectivity index (χ4v) is 4.20. The Labute approximate surface area is 140 Å². The van der Waals surface area contributed by atoms with Crippen LogP contribution in [0.3, 0.4) is 0 Å². The van der Waals surface area contributed by atoms with Crippen LogP contribution >= 0.6 is 11.6 Å². The Morgan fingerprint density at radius 3 is 2.70 bits per heavy atom. The molecular formula is C14H20ClN3O4S. The fourth-order valence-electron chi connectivity index (χ4n) is 2.33. The lowest BCUT2D eigenvalue weighted by Gasteiger charge is -2.33. The lowest BCUT2D eigenvalue weighted by molar-refractivity contribution is 0.0219. The summed E-state index contributed by atoms with van der Waals surface area (Å²) >= 11 is 5.74. The molecule has 128 valence electrons. The van der Waals surface area contributed by atoms with Crippen LogP contribution < -0.4 is 0 Å². The van der Waals surface area contributed by atoms with Gasteiger partial charge in [0, 0.05) is 19.2 Å². The van der Waals surface area contributed by atoms with Crippen molar-refractivity contribution < 1.29 is 17.9 Å². The Kier molecular flexibility index (Phi) is 5.15. The van der Waals surface area contributed by atoms with Crippen LogP contribution in [0.1, 0.15) is 33.6 Å². The number of hydrogen-bond donors (Lipinski definition) is 0. The first-order valence-electron chi connectivity index (χ1n) is 7.29. The van der Waals surface area contributed by atoms with E-state index in [9.17, 15) is 13.2 Å². The molecule has 0 bridgehead atoms. The van der Waals surface area contributed by atoms with Gasteiger partial charge in [0.15, 0.2) is 14.9 Å². The summed E-state index contributed by atoms with van der Waals surface area (Å²) in [6.07, 6.45) is 1.66. The van der Waals surface area contributed by atoms with Gasteiger partial charge in [0.2, 0.25) is 0 Å². The van der Waals surface area contributed by atoms with Crippen LogP contribution in [0.4, 0.5) is 4.79 Å². The summed E-state index contributed by atoms with van der Waals surface area (Å²) in [7, 11) is -3.68. The molecule has 1 saturated heterocycles. The molecule has 1 fully saturated rings. The van der Waals surface area contributed by atoms with Gasteiger partial charge in [-0.05, 0) is 33.6 Å². The van der Waals surface area contributed by atoms with Crippen LogP contribution in [0.25, 0.3) is 0 Å². The molecule has 1 aliphatic rings. The number of rotatable bonds is 2. The Bertz CT molecular complexity index is 688. The van der Waals surface area contributed by atoms with E-state index in [0.29, 0.717) is 19.4 Å². The molecule has 0 aliphatic carbocycles. The molecule has 9 heteroatoms. The zero-order valence-corrected chi connectivity index (χ0v) is 14.9. The van der Waals surface area contributed by atoms with E-state index in [0.717, 1.165) is 6.33 Å². The smallest absolute Gasteiger partial charge is 0.410 e. The molecular weight excluding hydrogens is 342 g/mol. The molecule has 1 aliphatic heterocycles. The first kappa shape index (κ1) is 17.9. The largest absolute Gasteiger partial charge is 0.444 e. The molecule has 1 aromatic rings. The quantitative estimate of drug-likeness (QED) is 0.751. The van der Waals surface area contributed by atoms with E-state index >= 15 is 0 Å². The number of halogens is 1. The molecule has 0 N–H and O–H groups in total. The van der Waals surface area contributed by atoms with Crippen molar-refractivity contribution in [2.24, 2.45) is 0 Å². The number of amides is 1. The number of likely N-dealkylation sites (tertiary alicyclic amines) is 1. The van der Waals surface area contributed by atoms with Crippen molar-refractivity contribution >= 4 is 27.5 Å². The molecule has 2 rings (SSSR count). The predicted octanol–water partition coefficient (Wildman–Crippen LogP) is 2.30. The molecule has 7 nitrogen and oxygen atoms in total. The summed E-state index contributed by atoms with van der Waals surface area (Å²) < 4.78 is 30.6. The fraction of sp³-hybridized carbons (Fsp3) is 0.643. The minimum absolute atomic E-state index is 0.0679. The van der Waals surface area contributed by atoms with Crippen LogP contribution in [0.5, 0.6) is 0 Å². The van der Waals surface area contributed by atoms with E-state index < -0.39 is 26.8 Å². The van der Waals surface area contributed by atoms with E-state index in [4.69, 9.17) is 16.3 Å². The van der Waals surface area contributed by atoms with Crippen LogP contribution in [0, 0.1) is 0 Å². The number of nitrogens with zero attached hydrogens (tertiary/aromatic N) is 3. The summed E-state index contributed by atoms with van der Waals surface area (Å²) in [6.45, 7) is 5.87. The van der Waals surface area contributed by atoms with Gasteiger partial charge in [0.1, 0.15) is 17.1 Å². The zero-order valence-electron chi connectivity index (χ0n) is 13.3. The predicted molar refractivity (Wildman–Crippen MR) is 85.1 cm³/mol. The number of hydrogen-bond acceptors (Lipinski definition) is 6. The molecule has 0 spiro atoms. The van der Waals surface area contributed by atoms with Gasteiger partial charge >= 0.3 is 6.09 Å². The average Bonchev–Trinajstić information content (AvgIpc) is 2.45. The van der Waals surface area contributed by atoms with E-state index in [1.807, 2.05) is 0 Å². The van der Waals surface area contributed by atoms with Crippen molar-refractivity contribution in [2.45, 2.75) is 49.5 Å². The summed E-state index contributed by atoms with van der Waals surface area (Å²) in [4.78, 5) is 21.1. The van der Waals surface area contributed by atoms with Gasteiger partial charge in [-0.3, -0.25) is 0 Å². The Hall–Kier alpha value is -1.41. The second-order valence-corrected chi connectivity index (χ2v) is 8.98. The highest BCUT2D eigenvalue weighted by molar-refractivity contribution is 7.92. The van der Waals surface area contributed by atoms with E-state index in [1.165, 1.54) is 11.0 Å². The number of aromatic nitrogens is 2. The standard InChI is InChI=1S/C14H20ClN3O4S/c1-14(2,3)22-13(19)18-6-4-5-10(8-18)23(20,21)12-7-11(15)16-9-17-12/h7,9-10H,4-6,8H2,1-3H3. The molecule has 1 amide bonds. The van der Waals surface area contributed by atoms with Crippen LogP contribution in [0.15, 0.2) is 17.4 Å². The monoisotopic (exact) mass is 361 g/mol. The maximum Gasteiger partial charge on any atom is 0.410 e. The third kappa shape index (κ3) is 4.54. The molecule has 1 atom stereocenters. The molecule has 1 aromatic heterocycles. The van der Waals surface area contributed by atoms with E-state index in [2.05, 4.69) is 9.97 Å². The highest BCUT2D eigenvalue weighted by Crippen LogP contribution is 2.24. The van der Waals surface area contributed by atoms with Gasteiger partial charge < -0.3 is 9.64 Å². The van der Waals surface area contributed by atoms with Crippen LogP contribution in [0.2, 0.25) is 5.15 Å². The minimum Gasteiger partial charge on any atom is -0.444 e. The third-order valence-corrected chi connectivity index (χ3v) is 5.64. The topological polar surface area (TPSA) is 89.5 Å². The highest BCUT2D eigenvalue weighted by atomic mass is 35.5. The van der Waals surface area contributed by atoms with Crippen molar-refractivity contribution in [1.29, 1.82) is 0 Å². The van der Waals surface area contributed by atoms with Crippen molar-refractivity contribution in [1.82, 2.24) is 14.9 Å². The van der Waals surface area contributed by atoms with Gasteiger partial charge in [-0.25, -0.2) is 23.2 Å². The molecule has 1 unspecified atom stereocenters. The van der Waals surface area contributed by atoms with Crippen molar-refractivity contribution in [3.8, 4) is 0 Å². The molecule has 0 saturated carbocycles. The molecule has 2 heterocycles. The number of carbonyl (C=O) groups excluding carboxylic acids is 1. The van der Waals surface area contributed by atoms with Crippen molar-refractivity contribution in [3.05, 3.63) is 17.5 Å². The highest BCUT2D eigenvalue weighted by Gasteiger charge is 2.36. The summed E-state index contributed by atoms with van der Waals surface area (Å²) in [5.74, 6) is 0. The van der Waals surface area contributed by atoms with Gasteiger partial charge in [0.05, 0.1) is 5.25 Å². The van der Waals surface area contributed by atoms with Crippen molar-refractivity contribution in [3.63, 3.8) is 0 Å². The SMILES string of the molecule is CC(C)(C)OC(=O)N1CCCC(S(=O)(=O)c2cc(Cl)ncn2)C1. The Morgan fingerprint density at radius 1 is 1.39 bits per heavy atom. The van der Waals surface area contributed by atoms with Crippen LogP contribution in [-0.4, -0.2) is 53.3 Å². The first-order valence-corrected chi connectivity index (χ1v) is 9.21.